The summed E-state index contributed by atoms with van der Waals surface area (Å²) >= 11 is 6.27. The Kier molecular flexibility index (Phi) is 5.70. The standard InChI is InChI=1S/C15H22ClNO4/c1-9(18)10(2)21-14(8-17)11-6-12(16)15-13(7-11)19-4-3-5-20-15/h6-7,9-10,14,18H,3-5,8,17H2,1-2H3. The molecule has 0 amide bonds. The van der Waals surface area contributed by atoms with Crippen LogP contribution in [0.1, 0.15) is 31.9 Å². The Labute approximate surface area is 129 Å². The molecule has 0 bridgehead atoms. The number of aliphatic hydroxyl groups excluding tert-OH is 1. The highest BCUT2D eigenvalue weighted by atomic mass is 35.5. The van der Waals surface area contributed by atoms with E-state index in [-0.39, 0.29) is 18.8 Å². The molecule has 1 aliphatic rings. The van der Waals surface area contributed by atoms with Gasteiger partial charge in [0, 0.05) is 13.0 Å². The van der Waals surface area contributed by atoms with Crippen molar-refractivity contribution in [2.45, 2.75) is 38.6 Å². The van der Waals surface area contributed by atoms with E-state index in [2.05, 4.69) is 0 Å². The molecule has 1 aromatic carbocycles. The number of aliphatic hydroxyl groups is 1. The van der Waals surface area contributed by atoms with Crippen LogP contribution in [0.4, 0.5) is 0 Å². The summed E-state index contributed by atoms with van der Waals surface area (Å²) in [6, 6.07) is 3.63. The molecule has 0 spiro atoms. The zero-order valence-corrected chi connectivity index (χ0v) is 13.1. The Hall–Kier alpha value is -1.01. The van der Waals surface area contributed by atoms with E-state index in [9.17, 15) is 5.11 Å². The van der Waals surface area contributed by atoms with Gasteiger partial charge in [-0.25, -0.2) is 0 Å². The smallest absolute Gasteiger partial charge is 0.179 e. The number of hydrogen-bond acceptors (Lipinski definition) is 5. The predicted octanol–water partition coefficient (Wildman–Crippen LogP) is 2.29. The minimum atomic E-state index is -0.574. The monoisotopic (exact) mass is 315 g/mol. The second-order valence-electron chi connectivity index (χ2n) is 5.19. The first kappa shape index (κ1) is 16.4. The highest BCUT2D eigenvalue weighted by molar-refractivity contribution is 6.32. The molecule has 5 nitrogen and oxygen atoms in total. The molecule has 0 saturated carbocycles. The first-order chi connectivity index (χ1) is 10.0. The highest BCUT2D eigenvalue weighted by Crippen LogP contribution is 2.40. The van der Waals surface area contributed by atoms with Crippen LogP contribution in [-0.2, 0) is 4.74 Å². The summed E-state index contributed by atoms with van der Waals surface area (Å²) in [5.74, 6) is 1.18. The van der Waals surface area contributed by atoms with Crippen molar-refractivity contribution < 1.29 is 19.3 Å². The van der Waals surface area contributed by atoms with Crippen molar-refractivity contribution in [2.75, 3.05) is 19.8 Å². The summed E-state index contributed by atoms with van der Waals surface area (Å²) < 4.78 is 17.1. The van der Waals surface area contributed by atoms with Crippen LogP contribution in [0, 0.1) is 0 Å². The first-order valence-electron chi connectivity index (χ1n) is 7.15. The van der Waals surface area contributed by atoms with E-state index in [4.69, 9.17) is 31.5 Å². The van der Waals surface area contributed by atoms with Crippen LogP contribution in [0.3, 0.4) is 0 Å². The Morgan fingerprint density at radius 3 is 2.71 bits per heavy atom. The zero-order chi connectivity index (χ0) is 15.4. The lowest BCUT2D eigenvalue weighted by atomic mass is 10.1. The average Bonchev–Trinajstić information content (AvgIpc) is 2.69. The molecule has 0 fully saturated rings. The number of hydrogen-bond donors (Lipinski definition) is 2. The van der Waals surface area contributed by atoms with Crippen LogP contribution >= 0.6 is 11.6 Å². The zero-order valence-electron chi connectivity index (χ0n) is 12.3. The van der Waals surface area contributed by atoms with Gasteiger partial charge in [-0.3, -0.25) is 0 Å². The Balaban J connectivity index is 2.25. The first-order valence-corrected chi connectivity index (χ1v) is 7.53. The lowest BCUT2D eigenvalue weighted by Gasteiger charge is -2.24. The van der Waals surface area contributed by atoms with Gasteiger partial charge in [0.05, 0.1) is 36.5 Å². The van der Waals surface area contributed by atoms with Crippen molar-refractivity contribution in [2.24, 2.45) is 5.73 Å². The maximum absolute atomic E-state index is 9.56. The van der Waals surface area contributed by atoms with Gasteiger partial charge in [0.2, 0.25) is 0 Å². The van der Waals surface area contributed by atoms with E-state index in [1.807, 2.05) is 6.07 Å². The molecular formula is C15H22ClNO4. The molecule has 3 atom stereocenters. The second kappa shape index (κ2) is 7.31. The molecule has 21 heavy (non-hydrogen) atoms. The average molecular weight is 316 g/mol. The van der Waals surface area contributed by atoms with Crippen LogP contribution in [-0.4, -0.2) is 37.1 Å². The lowest BCUT2D eigenvalue weighted by Crippen LogP contribution is -2.28. The minimum Gasteiger partial charge on any atom is -0.489 e. The molecule has 1 aromatic rings. The quantitative estimate of drug-likeness (QED) is 0.872. The fourth-order valence-electron chi connectivity index (χ4n) is 2.08. The molecule has 3 N–H and O–H groups in total. The van der Waals surface area contributed by atoms with Crippen molar-refractivity contribution in [3.63, 3.8) is 0 Å². The Morgan fingerprint density at radius 2 is 2.05 bits per heavy atom. The van der Waals surface area contributed by atoms with Crippen LogP contribution < -0.4 is 15.2 Å². The maximum atomic E-state index is 9.56. The lowest BCUT2D eigenvalue weighted by molar-refractivity contribution is -0.0592. The molecule has 0 aliphatic carbocycles. The molecule has 6 heteroatoms. The van der Waals surface area contributed by atoms with E-state index < -0.39 is 6.10 Å². The van der Waals surface area contributed by atoms with Crippen molar-refractivity contribution in [3.8, 4) is 11.5 Å². The summed E-state index contributed by atoms with van der Waals surface area (Å²) in [6.45, 7) is 4.94. The topological polar surface area (TPSA) is 73.9 Å². The van der Waals surface area contributed by atoms with Gasteiger partial charge in [-0.2, -0.15) is 0 Å². The third-order valence-electron chi connectivity index (χ3n) is 3.47. The van der Waals surface area contributed by atoms with E-state index in [1.54, 1.807) is 19.9 Å². The normalized spacial score (nSPS) is 18.7. The summed E-state index contributed by atoms with van der Waals surface area (Å²) in [4.78, 5) is 0. The number of halogens is 1. The molecule has 3 unspecified atom stereocenters. The summed E-state index contributed by atoms with van der Waals surface area (Å²) in [5, 5.41) is 10.0. The number of rotatable bonds is 5. The number of nitrogens with two attached hydrogens (primary N) is 1. The van der Waals surface area contributed by atoms with E-state index in [1.165, 1.54) is 0 Å². The Morgan fingerprint density at radius 1 is 1.33 bits per heavy atom. The van der Waals surface area contributed by atoms with Crippen LogP contribution in [0.15, 0.2) is 12.1 Å². The molecule has 1 aliphatic heterocycles. The highest BCUT2D eigenvalue weighted by Gasteiger charge is 2.22. The minimum absolute atomic E-state index is 0.285. The van der Waals surface area contributed by atoms with Crippen LogP contribution in [0.25, 0.3) is 0 Å². The molecule has 0 saturated heterocycles. The molecule has 2 rings (SSSR count). The molecule has 1 heterocycles. The van der Waals surface area contributed by atoms with Crippen molar-refractivity contribution >= 4 is 11.6 Å². The molecule has 118 valence electrons. The van der Waals surface area contributed by atoms with Crippen molar-refractivity contribution in [1.29, 1.82) is 0 Å². The third-order valence-corrected chi connectivity index (χ3v) is 3.75. The molecular weight excluding hydrogens is 294 g/mol. The fraction of sp³-hybridized carbons (Fsp3) is 0.600. The Bertz CT molecular complexity index is 481. The van der Waals surface area contributed by atoms with Gasteiger partial charge < -0.3 is 25.1 Å². The second-order valence-corrected chi connectivity index (χ2v) is 5.59. The van der Waals surface area contributed by atoms with Gasteiger partial charge in [-0.1, -0.05) is 11.6 Å². The van der Waals surface area contributed by atoms with Gasteiger partial charge >= 0.3 is 0 Å². The van der Waals surface area contributed by atoms with E-state index in [0.29, 0.717) is 29.7 Å². The van der Waals surface area contributed by atoms with Crippen LogP contribution in [0.2, 0.25) is 5.02 Å². The van der Waals surface area contributed by atoms with Gasteiger partial charge in [0.15, 0.2) is 11.5 Å². The van der Waals surface area contributed by atoms with Crippen molar-refractivity contribution in [3.05, 3.63) is 22.7 Å². The number of benzene rings is 1. The van der Waals surface area contributed by atoms with E-state index >= 15 is 0 Å². The number of ether oxygens (including phenoxy) is 3. The van der Waals surface area contributed by atoms with Crippen molar-refractivity contribution in [1.82, 2.24) is 0 Å². The summed E-state index contributed by atoms with van der Waals surface area (Å²) in [5.41, 5.74) is 6.61. The largest absolute Gasteiger partial charge is 0.489 e. The van der Waals surface area contributed by atoms with Gasteiger partial charge in [-0.05, 0) is 31.5 Å². The molecule has 0 aromatic heterocycles. The third kappa shape index (κ3) is 4.01. The summed E-state index contributed by atoms with van der Waals surface area (Å²) in [7, 11) is 0. The van der Waals surface area contributed by atoms with Gasteiger partial charge in [-0.15, -0.1) is 0 Å². The van der Waals surface area contributed by atoms with Crippen LogP contribution in [0.5, 0.6) is 11.5 Å². The van der Waals surface area contributed by atoms with Gasteiger partial charge in [0.1, 0.15) is 0 Å². The van der Waals surface area contributed by atoms with Gasteiger partial charge in [0.25, 0.3) is 0 Å². The summed E-state index contributed by atoms with van der Waals surface area (Å²) in [6.07, 6.45) is -0.441. The number of fused-ring (bicyclic) bond motifs is 1. The maximum Gasteiger partial charge on any atom is 0.179 e. The fourth-order valence-corrected chi connectivity index (χ4v) is 2.35. The van der Waals surface area contributed by atoms with E-state index in [0.717, 1.165) is 12.0 Å². The predicted molar refractivity (Wildman–Crippen MR) is 81.1 cm³/mol. The SMILES string of the molecule is CC(O)C(C)OC(CN)c1cc(Cl)c2c(c1)OCCCO2. The molecule has 0 radical (unpaired) electrons.